The van der Waals surface area contributed by atoms with Gasteiger partial charge in [-0.2, -0.15) is 5.26 Å². The van der Waals surface area contributed by atoms with Gasteiger partial charge in [0.1, 0.15) is 24.1 Å². The molecule has 3 heterocycles. The minimum atomic E-state index is 0.168. The van der Waals surface area contributed by atoms with Gasteiger partial charge in [0.25, 0.3) is 0 Å². The molecular formula is C38H42N6O2. The Morgan fingerprint density at radius 2 is 1.83 bits per heavy atom. The van der Waals surface area contributed by atoms with Crippen LogP contribution in [0.5, 0.6) is 5.88 Å². The molecule has 2 aromatic carbocycles. The zero-order valence-electron chi connectivity index (χ0n) is 26.6. The Bertz CT molecular complexity index is 1660. The van der Waals surface area contributed by atoms with Crippen molar-refractivity contribution >= 4 is 5.57 Å². The van der Waals surface area contributed by atoms with Crippen LogP contribution in [0.15, 0.2) is 104 Å². The summed E-state index contributed by atoms with van der Waals surface area (Å²) in [4.78, 5) is 12.1. The van der Waals surface area contributed by atoms with Crippen LogP contribution < -0.4 is 10.1 Å². The van der Waals surface area contributed by atoms with Gasteiger partial charge in [0, 0.05) is 56.6 Å². The molecule has 1 aliphatic heterocycles. The number of aromatic nitrogens is 3. The Kier molecular flexibility index (Phi) is 12.1. The highest BCUT2D eigenvalue weighted by Crippen LogP contribution is 2.29. The molecule has 8 heteroatoms. The molecule has 0 saturated carbocycles. The number of pyridine rings is 1. The van der Waals surface area contributed by atoms with E-state index in [4.69, 9.17) is 14.5 Å². The number of ether oxygens (including phenoxy) is 2. The molecule has 236 valence electrons. The minimum absolute atomic E-state index is 0.168. The van der Waals surface area contributed by atoms with Gasteiger partial charge in [-0.05, 0) is 30.5 Å². The van der Waals surface area contributed by atoms with Gasteiger partial charge in [0.2, 0.25) is 5.88 Å². The normalized spacial score (nSPS) is 14.0. The van der Waals surface area contributed by atoms with Crippen molar-refractivity contribution in [2.45, 2.75) is 33.0 Å². The van der Waals surface area contributed by atoms with Crippen LogP contribution in [0.3, 0.4) is 0 Å². The van der Waals surface area contributed by atoms with E-state index in [-0.39, 0.29) is 12.5 Å². The van der Waals surface area contributed by atoms with Crippen LogP contribution in [0, 0.1) is 11.3 Å². The molecular weight excluding hydrogens is 572 g/mol. The van der Waals surface area contributed by atoms with Crippen molar-refractivity contribution in [3.05, 3.63) is 132 Å². The molecule has 5 rings (SSSR count). The second-order valence-corrected chi connectivity index (χ2v) is 11.0. The minimum Gasteiger partial charge on any atom is -0.469 e. The number of nitriles is 1. The molecule has 1 aliphatic rings. The third-order valence-electron chi connectivity index (χ3n) is 8.07. The fourth-order valence-electron chi connectivity index (χ4n) is 5.62. The van der Waals surface area contributed by atoms with Crippen LogP contribution in [0.25, 0.3) is 16.8 Å². The molecule has 46 heavy (non-hydrogen) atoms. The summed E-state index contributed by atoms with van der Waals surface area (Å²) in [5, 5.41) is 13.8. The Hall–Kier alpha value is -4.81. The van der Waals surface area contributed by atoms with Crippen molar-refractivity contribution in [1.82, 2.24) is 24.8 Å². The summed E-state index contributed by atoms with van der Waals surface area (Å²) in [6.07, 6.45) is 9.97. The maximum Gasteiger partial charge on any atom is 0.232 e. The van der Waals surface area contributed by atoms with E-state index in [1.165, 1.54) is 5.56 Å². The van der Waals surface area contributed by atoms with E-state index in [9.17, 15) is 5.26 Å². The predicted molar refractivity (Wildman–Crippen MR) is 183 cm³/mol. The predicted octanol–water partition coefficient (Wildman–Crippen LogP) is 6.21. The summed E-state index contributed by atoms with van der Waals surface area (Å²) in [6, 6.07) is 24.9. The van der Waals surface area contributed by atoms with Crippen molar-refractivity contribution in [1.29, 1.82) is 5.26 Å². The van der Waals surface area contributed by atoms with Gasteiger partial charge in [0.05, 0.1) is 24.6 Å². The number of nitrogens with one attached hydrogen (secondary N) is 1. The lowest BCUT2D eigenvalue weighted by atomic mass is 10.0. The van der Waals surface area contributed by atoms with E-state index in [0.717, 1.165) is 86.3 Å². The highest BCUT2D eigenvalue weighted by Gasteiger charge is 2.21. The quantitative estimate of drug-likeness (QED) is 0.126. The van der Waals surface area contributed by atoms with E-state index >= 15 is 0 Å². The number of allylic oxidation sites excluding steroid dienone is 5. The third-order valence-corrected chi connectivity index (χ3v) is 8.07. The Balaban J connectivity index is 1.45. The van der Waals surface area contributed by atoms with Crippen molar-refractivity contribution < 1.29 is 9.47 Å². The lowest BCUT2D eigenvalue weighted by Gasteiger charge is -2.26. The Labute approximate surface area is 272 Å². The number of hydrogen-bond donors (Lipinski definition) is 1. The average Bonchev–Trinajstić information content (AvgIpc) is 3.46. The standard InChI is InChI=1S/C38H42N6O2/c1-3-5-14-31(4-2)33-17-19-41-38(34(33)27-39)46-29-36-42-37(32-15-10-7-11-16-32)35(28-40-20-22-43-23-25-45-26-24-43)44(36)21-18-30-12-8-6-9-13-30/h3-17,19,40H,1,18,20-26,28-29H2,2H3/b14-5-,31-4+. The summed E-state index contributed by atoms with van der Waals surface area (Å²) in [5.74, 6) is 1.07. The topological polar surface area (TPSA) is 88.2 Å². The van der Waals surface area contributed by atoms with E-state index < -0.39 is 0 Å². The van der Waals surface area contributed by atoms with Crippen LogP contribution >= 0.6 is 0 Å². The number of aryl methyl sites for hydroxylation is 1. The molecule has 0 bridgehead atoms. The van der Waals surface area contributed by atoms with Crippen LogP contribution in [0.2, 0.25) is 0 Å². The first-order chi connectivity index (χ1) is 22.7. The van der Waals surface area contributed by atoms with E-state index in [0.29, 0.717) is 12.1 Å². The summed E-state index contributed by atoms with van der Waals surface area (Å²) >= 11 is 0. The molecule has 2 aromatic heterocycles. The van der Waals surface area contributed by atoms with Gasteiger partial charge in [-0.15, -0.1) is 0 Å². The molecule has 8 nitrogen and oxygen atoms in total. The summed E-state index contributed by atoms with van der Waals surface area (Å²) in [5.41, 5.74) is 6.38. The van der Waals surface area contributed by atoms with Gasteiger partial charge in [-0.1, -0.05) is 91.5 Å². The number of nitrogens with zero attached hydrogens (tertiary/aromatic N) is 5. The first-order valence-electron chi connectivity index (χ1n) is 15.9. The fourth-order valence-corrected chi connectivity index (χ4v) is 5.62. The molecule has 0 amide bonds. The Morgan fingerprint density at radius 3 is 2.54 bits per heavy atom. The van der Waals surface area contributed by atoms with Crippen LogP contribution in [-0.4, -0.2) is 58.8 Å². The lowest BCUT2D eigenvalue weighted by Crippen LogP contribution is -2.40. The van der Waals surface area contributed by atoms with Gasteiger partial charge in [-0.3, -0.25) is 4.90 Å². The second kappa shape index (κ2) is 17.0. The highest BCUT2D eigenvalue weighted by molar-refractivity contribution is 5.78. The van der Waals surface area contributed by atoms with Gasteiger partial charge in [-0.25, -0.2) is 9.97 Å². The van der Waals surface area contributed by atoms with Crippen LogP contribution in [0.4, 0.5) is 0 Å². The average molecular weight is 615 g/mol. The van der Waals surface area contributed by atoms with Gasteiger partial charge in [0.15, 0.2) is 0 Å². The van der Waals surface area contributed by atoms with Crippen LogP contribution in [0.1, 0.15) is 35.1 Å². The van der Waals surface area contributed by atoms with Crippen molar-refractivity contribution in [2.75, 3.05) is 39.4 Å². The third kappa shape index (κ3) is 8.46. The molecule has 0 aliphatic carbocycles. The summed E-state index contributed by atoms with van der Waals surface area (Å²) in [7, 11) is 0. The molecule has 1 saturated heterocycles. The van der Waals surface area contributed by atoms with E-state index in [1.54, 1.807) is 12.3 Å². The highest BCUT2D eigenvalue weighted by atomic mass is 16.5. The molecule has 0 spiro atoms. The lowest BCUT2D eigenvalue weighted by molar-refractivity contribution is 0.0384. The van der Waals surface area contributed by atoms with Crippen molar-refractivity contribution in [3.63, 3.8) is 0 Å². The number of rotatable bonds is 15. The zero-order chi connectivity index (χ0) is 32.0. The zero-order valence-corrected chi connectivity index (χ0v) is 26.6. The monoisotopic (exact) mass is 614 g/mol. The van der Waals surface area contributed by atoms with Crippen molar-refractivity contribution in [3.8, 4) is 23.2 Å². The second-order valence-electron chi connectivity index (χ2n) is 11.0. The molecule has 1 fully saturated rings. The number of morpholine rings is 1. The molecule has 0 radical (unpaired) electrons. The molecule has 0 atom stereocenters. The first-order valence-corrected chi connectivity index (χ1v) is 15.9. The maximum absolute atomic E-state index is 10.2. The van der Waals surface area contributed by atoms with Gasteiger partial charge >= 0.3 is 0 Å². The Morgan fingerprint density at radius 1 is 1.07 bits per heavy atom. The smallest absolute Gasteiger partial charge is 0.232 e. The van der Waals surface area contributed by atoms with Crippen molar-refractivity contribution in [2.24, 2.45) is 0 Å². The largest absolute Gasteiger partial charge is 0.469 e. The SMILES string of the molecule is C=C/C=C\C(=C/C)c1ccnc(OCc2nc(-c3ccccc3)c(CNCCN3CCOCC3)n2CCc2ccccc2)c1C#N. The van der Waals surface area contributed by atoms with Gasteiger partial charge < -0.3 is 19.4 Å². The molecule has 1 N–H and O–H groups in total. The van der Waals surface area contributed by atoms with E-state index in [2.05, 4.69) is 68.8 Å². The summed E-state index contributed by atoms with van der Waals surface area (Å²) < 4.78 is 14.1. The van der Waals surface area contributed by atoms with Crippen LogP contribution in [-0.2, 0) is 30.9 Å². The van der Waals surface area contributed by atoms with E-state index in [1.807, 2.05) is 55.5 Å². The number of benzene rings is 2. The number of imidazole rings is 1. The molecule has 0 unspecified atom stereocenters. The first kappa shape index (κ1) is 32.6. The fraction of sp³-hybridized carbons (Fsp3) is 0.289. The molecule has 4 aromatic rings. The maximum atomic E-state index is 10.2. The number of hydrogen-bond acceptors (Lipinski definition) is 7. The summed E-state index contributed by atoms with van der Waals surface area (Å²) in [6.45, 7) is 12.6.